The molecule has 1 heterocycles. The van der Waals surface area contributed by atoms with Crippen molar-refractivity contribution < 1.29 is 1.37 Å². The molecule has 0 radical (unpaired) electrons. The molecule has 50 valence electrons. The maximum Gasteiger partial charge on any atom is 0.0816 e. The van der Waals surface area contributed by atoms with E-state index in [1.165, 1.54) is 0 Å². The van der Waals surface area contributed by atoms with Crippen LogP contribution >= 0.6 is 11.6 Å². The van der Waals surface area contributed by atoms with Crippen molar-refractivity contribution in [2.75, 3.05) is 0 Å². The highest BCUT2D eigenvalue weighted by atomic mass is 35.5. The van der Waals surface area contributed by atoms with Crippen molar-refractivity contribution in [3.8, 4) is 0 Å². The molecule has 1 nitrogen and oxygen atoms in total. The molecule has 0 aliphatic carbocycles. The van der Waals surface area contributed by atoms with E-state index in [9.17, 15) is 0 Å². The third-order valence-corrected chi connectivity index (χ3v) is 1.68. The molecule has 0 bridgehead atoms. The fourth-order valence-electron chi connectivity index (χ4n) is 0.958. The van der Waals surface area contributed by atoms with Crippen LogP contribution in [0.25, 0.3) is 10.9 Å². The van der Waals surface area contributed by atoms with Crippen LogP contribution in [0.15, 0.2) is 30.4 Å². The summed E-state index contributed by atoms with van der Waals surface area (Å²) in [6, 6.07) is 7.27. The molecule has 1 aromatic carbocycles. The van der Waals surface area contributed by atoms with Gasteiger partial charge in [0.2, 0.25) is 0 Å². The maximum atomic E-state index is 7.30. The van der Waals surface area contributed by atoms with Crippen LogP contribution in [0.5, 0.6) is 0 Å². The standard InChI is InChI=1S/C8H6ClN/c9-7-1-2-8-6(5-7)3-4-10-8/h1-5,10H/i4D. The molecule has 1 aromatic heterocycles. The summed E-state index contributed by atoms with van der Waals surface area (Å²) >= 11 is 5.75. The summed E-state index contributed by atoms with van der Waals surface area (Å²) in [6.07, 6.45) is 0.419. The first-order valence-corrected chi connectivity index (χ1v) is 3.38. The quantitative estimate of drug-likeness (QED) is 0.598. The molecule has 0 saturated carbocycles. The second-order valence-corrected chi connectivity index (χ2v) is 2.58. The van der Waals surface area contributed by atoms with Crippen molar-refractivity contribution in [1.82, 2.24) is 4.98 Å². The number of nitrogens with one attached hydrogen (secondary N) is 1. The van der Waals surface area contributed by atoms with Gasteiger partial charge >= 0.3 is 0 Å². The van der Waals surface area contributed by atoms with Crippen LogP contribution in [0, 0.1) is 0 Å². The molecule has 1 N–H and O–H groups in total. The number of halogens is 1. The zero-order chi connectivity index (χ0) is 7.84. The van der Waals surface area contributed by atoms with E-state index in [-0.39, 0.29) is 0 Å². The SMILES string of the molecule is [2H]c1cc2cc(Cl)ccc2[nH]1. The van der Waals surface area contributed by atoms with Crippen LogP contribution < -0.4 is 0 Å². The van der Waals surface area contributed by atoms with E-state index in [0.29, 0.717) is 11.2 Å². The number of hydrogen-bond donors (Lipinski definition) is 1. The minimum Gasteiger partial charge on any atom is -0.361 e. The number of fused-ring (bicyclic) bond motifs is 1. The van der Waals surface area contributed by atoms with Gasteiger partial charge in [0.1, 0.15) is 0 Å². The highest BCUT2D eigenvalue weighted by Crippen LogP contribution is 2.17. The maximum absolute atomic E-state index is 7.30. The molecule has 0 atom stereocenters. The average molecular weight is 153 g/mol. The number of benzene rings is 1. The summed E-state index contributed by atoms with van der Waals surface area (Å²) in [5.74, 6) is 0. The van der Waals surface area contributed by atoms with E-state index < -0.39 is 0 Å². The number of H-pyrrole nitrogens is 1. The van der Waals surface area contributed by atoms with Crippen LogP contribution in [0.4, 0.5) is 0 Å². The van der Waals surface area contributed by atoms with Crippen LogP contribution in [-0.2, 0) is 0 Å². The lowest BCUT2D eigenvalue weighted by molar-refractivity contribution is 1.48. The number of rotatable bonds is 0. The van der Waals surface area contributed by atoms with Crippen molar-refractivity contribution in [3.05, 3.63) is 35.5 Å². The van der Waals surface area contributed by atoms with E-state index in [2.05, 4.69) is 4.98 Å². The topological polar surface area (TPSA) is 15.8 Å². The molecule has 10 heavy (non-hydrogen) atoms. The van der Waals surface area contributed by atoms with Gasteiger partial charge in [-0.3, -0.25) is 0 Å². The fourth-order valence-corrected chi connectivity index (χ4v) is 1.14. The second-order valence-electron chi connectivity index (χ2n) is 2.15. The van der Waals surface area contributed by atoms with Gasteiger partial charge in [-0.15, -0.1) is 0 Å². The Hall–Kier alpha value is -0.950. The van der Waals surface area contributed by atoms with E-state index in [1.54, 1.807) is 12.1 Å². The van der Waals surface area contributed by atoms with E-state index in [0.717, 1.165) is 10.9 Å². The van der Waals surface area contributed by atoms with Gasteiger partial charge in [-0.1, -0.05) is 11.6 Å². The Kier molecular flexibility index (Phi) is 0.974. The van der Waals surface area contributed by atoms with Crippen molar-refractivity contribution in [2.24, 2.45) is 0 Å². The molecule has 2 aromatic rings. The predicted octanol–water partition coefficient (Wildman–Crippen LogP) is 2.82. The Balaban J connectivity index is 2.82. The smallest absolute Gasteiger partial charge is 0.0816 e. The normalized spacial score (nSPS) is 11.9. The summed E-state index contributed by atoms with van der Waals surface area (Å²) in [4.78, 5) is 2.89. The molecule has 0 aliphatic rings. The van der Waals surface area contributed by atoms with Crippen molar-refractivity contribution in [2.45, 2.75) is 0 Å². The molecule has 0 saturated heterocycles. The van der Waals surface area contributed by atoms with Gasteiger partial charge in [0.05, 0.1) is 1.37 Å². The fraction of sp³-hybridized carbons (Fsp3) is 0. The summed E-state index contributed by atoms with van der Waals surface area (Å²) in [5.41, 5.74) is 0.958. The molecule has 0 spiro atoms. The zero-order valence-electron chi connectivity index (χ0n) is 6.19. The van der Waals surface area contributed by atoms with Crippen molar-refractivity contribution >= 4 is 22.5 Å². The van der Waals surface area contributed by atoms with Gasteiger partial charge in [-0.05, 0) is 24.3 Å². The van der Waals surface area contributed by atoms with Gasteiger partial charge in [0.25, 0.3) is 0 Å². The Morgan fingerprint density at radius 1 is 1.40 bits per heavy atom. The zero-order valence-corrected chi connectivity index (χ0v) is 5.94. The van der Waals surface area contributed by atoms with Gasteiger partial charge < -0.3 is 4.98 Å². The molecule has 2 rings (SSSR count). The molecule has 0 fully saturated rings. The molecule has 0 unspecified atom stereocenters. The Bertz CT molecular complexity index is 394. The van der Waals surface area contributed by atoms with Gasteiger partial charge in [-0.2, -0.15) is 0 Å². The Morgan fingerprint density at radius 3 is 3.20 bits per heavy atom. The first-order valence-electron chi connectivity index (χ1n) is 3.50. The van der Waals surface area contributed by atoms with Gasteiger partial charge in [0, 0.05) is 22.1 Å². The largest absolute Gasteiger partial charge is 0.361 e. The number of hydrogen-bond acceptors (Lipinski definition) is 0. The Morgan fingerprint density at radius 2 is 2.30 bits per heavy atom. The van der Waals surface area contributed by atoms with E-state index in [4.69, 9.17) is 13.0 Å². The predicted molar refractivity (Wildman–Crippen MR) is 43.3 cm³/mol. The third kappa shape index (κ3) is 0.792. The summed E-state index contributed by atoms with van der Waals surface area (Å²) in [6.45, 7) is 0. The highest BCUT2D eigenvalue weighted by molar-refractivity contribution is 6.31. The van der Waals surface area contributed by atoms with E-state index >= 15 is 0 Å². The summed E-state index contributed by atoms with van der Waals surface area (Å²) in [7, 11) is 0. The number of aromatic amines is 1. The monoisotopic (exact) mass is 152 g/mol. The van der Waals surface area contributed by atoms with Crippen LogP contribution in [0.3, 0.4) is 0 Å². The third-order valence-electron chi connectivity index (χ3n) is 1.45. The summed E-state index contributed by atoms with van der Waals surface area (Å²) < 4.78 is 7.30. The number of aromatic nitrogens is 1. The minimum atomic E-state index is 0.419. The molecular weight excluding hydrogens is 146 g/mol. The van der Waals surface area contributed by atoms with Crippen molar-refractivity contribution in [1.29, 1.82) is 0 Å². The van der Waals surface area contributed by atoms with Gasteiger partial charge in [-0.25, -0.2) is 0 Å². The molecule has 0 amide bonds. The Labute approximate surface area is 65.0 Å². The van der Waals surface area contributed by atoms with E-state index in [1.807, 2.05) is 12.1 Å². The lowest BCUT2D eigenvalue weighted by Gasteiger charge is -1.88. The van der Waals surface area contributed by atoms with Crippen LogP contribution in [-0.4, -0.2) is 4.98 Å². The second kappa shape index (κ2) is 2.03. The highest BCUT2D eigenvalue weighted by Gasteiger charge is 1.92. The lowest BCUT2D eigenvalue weighted by Crippen LogP contribution is -1.65. The first-order chi connectivity index (χ1) is 5.25. The molecule has 0 aliphatic heterocycles. The first kappa shape index (κ1) is 4.80. The van der Waals surface area contributed by atoms with Crippen LogP contribution in [0.2, 0.25) is 5.02 Å². The molecular formula is C8H6ClN. The minimum absolute atomic E-state index is 0.419. The lowest BCUT2D eigenvalue weighted by atomic mass is 10.2. The van der Waals surface area contributed by atoms with Crippen LogP contribution in [0.1, 0.15) is 1.37 Å². The average Bonchev–Trinajstić information content (AvgIpc) is 2.27. The van der Waals surface area contributed by atoms with Crippen molar-refractivity contribution in [3.63, 3.8) is 0 Å². The molecule has 2 heteroatoms. The van der Waals surface area contributed by atoms with Gasteiger partial charge in [0.15, 0.2) is 0 Å². The summed E-state index contributed by atoms with van der Waals surface area (Å²) in [5, 5.41) is 1.69.